The van der Waals surface area contributed by atoms with Gasteiger partial charge in [0.05, 0.1) is 10.8 Å². The quantitative estimate of drug-likeness (QED) is 0.852. The summed E-state index contributed by atoms with van der Waals surface area (Å²) in [5.41, 5.74) is 6.80. The molecule has 3 rings (SSSR count). The third-order valence-electron chi connectivity index (χ3n) is 5.00. The molecule has 0 aromatic carbocycles. The fraction of sp³-hybridized carbons (Fsp3) is 0.647. The summed E-state index contributed by atoms with van der Waals surface area (Å²) < 4.78 is 0. The first-order valence-electron chi connectivity index (χ1n) is 8.28. The van der Waals surface area contributed by atoms with Crippen molar-refractivity contribution in [3.63, 3.8) is 0 Å². The Hall–Kier alpha value is -1.36. The molecule has 22 heavy (non-hydrogen) atoms. The highest BCUT2D eigenvalue weighted by atomic mass is 32.1. The van der Waals surface area contributed by atoms with Gasteiger partial charge in [0.2, 0.25) is 5.91 Å². The first-order valence-corrected chi connectivity index (χ1v) is 9.09. The molecule has 1 saturated heterocycles. The Balaban J connectivity index is 1.79. The molecule has 0 saturated carbocycles. The van der Waals surface area contributed by atoms with Gasteiger partial charge in [0.15, 0.2) is 0 Å². The van der Waals surface area contributed by atoms with Crippen LogP contribution >= 0.6 is 11.3 Å². The first-order chi connectivity index (χ1) is 10.6. The second kappa shape index (κ2) is 6.41. The Morgan fingerprint density at radius 1 is 1.23 bits per heavy atom. The molecular weight excluding hydrogens is 296 g/mol. The predicted molar refractivity (Wildman–Crippen MR) is 88.0 cm³/mol. The number of nitrogens with zero attached hydrogens (tertiary/aromatic N) is 1. The van der Waals surface area contributed by atoms with Crippen LogP contribution in [0.25, 0.3) is 0 Å². The second-order valence-electron chi connectivity index (χ2n) is 6.60. The lowest BCUT2D eigenvalue weighted by Gasteiger charge is -2.36. The van der Waals surface area contributed by atoms with Crippen molar-refractivity contribution in [2.75, 3.05) is 6.54 Å². The van der Waals surface area contributed by atoms with E-state index >= 15 is 0 Å². The average Bonchev–Trinajstić information content (AvgIpc) is 2.78. The van der Waals surface area contributed by atoms with E-state index in [0.29, 0.717) is 6.54 Å². The van der Waals surface area contributed by atoms with Gasteiger partial charge >= 0.3 is 0 Å². The van der Waals surface area contributed by atoms with Gasteiger partial charge in [0.25, 0.3) is 5.91 Å². The number of hydrogen-bond acceptors (Lipinski definition) is 3. The zero-order valence-electron chi connectivity index (χ0n) is 13.1. The lowest BCUT2D eigenvalue weighted by Crippen LogP contribution is -2.48. The number of carbonyl (C=O) groups excluding carboxylic acids is 2. The molecule has 5 heteroatoms. The van der Waals surface area contributed by atoms with Crippen LogP contribution in [0.2, 0.25) is 0 Å². The minimum absolute atomic E-state index is 0.0801. The van der Waals surface area contributed by atoms with Crippen LogP contribution in [-0.2, 0) is 17.6 Å². The number of likely N-dealkylation sites (tertiary alicyclic amines) is 1. The molecule has 1 aromatic rings. The minimum atomic E-state index is -0.285. The van der Waals surface area contributed by atoms with Crippen molar-refractivity contribution in [1.29, 1.82) is 0 Å². The summed E-state index contributed by atoms with van der Waals surface area (Å²) in [6.07, 6.45) is 7.58. The number of carbonyl (C=O) groups is 2. The van der Waals surface area contributed by atoms with Crippen molar-refractivity contribution < 1.29 is 9.59 Å². The Labute approximate surface area is 135 Å². The number of aryl methyl sites for hydroxylation is 2. The first kappa shape index (κ1) is 15.5. The van der Waals surface area contributed by atoms with Crippen molar-refractivity contribution in [2.45, 2.75) is 57.9 Å². The lowest BCUT2D eigenvalue weighted by molar-refractivity contribution is -0.123. The molecule has 2 N–H and O–H groups in total. The average molecular weight is 320 g/mol. The Bertz CT molecular complexity index is 558. The van der Waals surface area contributed by atoms with Gasteiger partial charge in [-0.05, 0) is 57.1 Å². The lowest BCUT2D eigenvalue weighted by atomic mass is 9.93. The topological polar surface area (TPSA) is 63.4 Å². The van der Waals surface area contributed by atoms with Gasteiger partial charge in [-0.1, -0.05) is 6.42 Å². The number of nitrogens with two attached hydrogens (primary N) is 1. The van der Waals surface area contributed by atoms with E-state index in [1.54, 1.807) is 11.3 Å². The highest BCUT2D eigenvalue weighted by Crippen LogP contribution is 2.31. The summed E-state index contributed by atoms with van der Waals surface area (Å²) >= 11 is 1.65. The molecule has 2 amide bonds. The molecule has 1 fully saturated rings. The maximum Gasteiger partial charge on any atom is 0.264 e. The van der Waals surface area contributed by atoms with E-state index in [1.165, 1.54) is 29.7 Å². The molecule has 2 atom stereocenters. The second-order valence-corrected chi connectivity index (χ2v) is 7.74. The third kappa shape index (κ3) is 3.05. The third-order valence-corrected chi connectivity index (χ3v) is 6.23. The molecule has 2 heterocycles. The van der Waals surface area contributed by atoms with Gasteiger partial charge in [-0.2, -0.15) is 0 Å². The van der Waals surface area contributed by atoms with Crippen LogP contribution in [0.1, 0.15) is 59.1 Å². The van der Waals surface area contributed by atoms with Crippen LogP contribution in [0, 0.1) is 5.92 Å². The summed E-state index contributed by atoms with van der Waals surface area (Å²) in [6.45, 7) is 2.53. The molecule has 2 unspecified atom stereocenters. The summed E-state index contributed by atoms with van der Waals surface area (Å²) in [7, 11) is 0. The number of piperidine rings is 1. The minimum Gasteiger partial charge on any atom is -0.369 e. The number of thiophene rings is 1. The van der Waals surface area contributed by atoms with Crippen molar-refractivity contribution in [3.8, 4) is 0 Å². The summed E-state index contributed by atoms with van der Waals surface area (Å²) in [5.74, 6) is -0.402. The van der Waals surface area contributed by atoms with E-state index in [9.17, 15) is 9.59 Å². The predicted octanol–water partition coefficient (Wildman–Crippen LogP) is 2.74. The van der Waals surface area contributed by atoms with Gasteiger partial charge in [0.1, 0.15) is 0 Å². The molecule has 4 nitrogen and oxygen atoms in total. The van der Waals surface area contributed by atoms with Gasteiger partial charge < -0.3 is 10.6 Å². The summed E-state index contributed by atoms with van der Waals surface area (Å²) in [5, 5.41) is 0. The van der Waals surface area contributed by atoms with Gasteiger partial charge in [-0.3, -0.25) is 9.59 Å². The smallest absolute Gasteiger partial charge is 0.264 e. The molecule has 0 bridgehead atoms. The molecule has 2 aliphatic rings. The zero-order chi connectivity index (χ0) is 15.7. The molecule has 1 aliphatic heterocycles. The van der Waals surface area contributed by atoms with E-state index in [4.69, 9.17) is 5.73 Å². The summed E-state index contributed by atoms with van der Waals surface area (Å²) in [6, 6.07) is 2.28. The number of hydrogen-bond donors (Lipinski definition) is 1. The molecule has 1 aliphatic carbocycles. The number of amides is 2. The van der Waals surface area contributed by atoms with Gasteiger partial charge in [0, 0.05) is 17.5 Å². The van der Waals surface area contributed by atoms with Crippen LogP contribution in [0.5, 0.6) is 0 Å². The molecular formula is C17H24N2O2S. The monoisotopic (exact) mass is 320 g/mol. The highest BCUT2D eigenvalue weighted by Gasteiger charge is 2.33. The van der Waals surface area contributed by atoms with Crippen LogP contribution in [-0.4, -0.2) is 29.3 Å². The van der Waals surface area contributed by atoms with E-state index in [1.807, 2.05) is 4.90 Å². The van der Waals surface area contributed by atoms with E-state index < -0.39 is 0 Å². The fourth-order valence-corrected chi connectivity index (χ4v) is 4.75. The van der Waals surface area contributed by atoms with Crippen LogP contribution < -0.4 is 5.73 Å². The SMILES string of the molecule is CC1CCC(C(N)=O)CN1C(=O)c1cc2c(s1)CCCCC2. The summed E-state index contributed by atoms with van der Waals surface area (Å²) in [4.78, 5) is 28.4. The highest BCUT2D eigenvalue weighted by molar-refractivity contribution is 7.14. The zero-order valence-corrected chi connectivity index (χ0v) is 14.0. The number of rotatable bonds is 2. The Morgan fingerprint density at radius 3 is 2.77 bits per heavy atom. The molecule has 0 radical (unpaired) electrons. The largest absolute Gasteiger partial charge is 0.369 e. The van der Waals surface area contributed by atoms with Gasteiger partial charge in [-0.15, -0.1) is 11.3 Å². The number of fused-ring (bicyclic) bond motifs is 1. The number of primary amides is 1. The van der Waals surface area contributed by atoms with Crippen molar-refractivity contribution in [1.82, 2.24) is 4.90 Å². The van der Waals surface area contributed by atoms with Gasteiger partial charge in [-0.25, -0.2) is 0 Å². The van der Waals surface area contributed by atoms with Crippen molar-refractivity contribution in [3.05, 3.63) is 21.4 Å². The normalized spacial score (nSPS) is 25.4. The van der Waals surface area contributed by atoms with E-state index in [2.05, 4.69) is 13.0 Å². The Kier molecular flexibility index (Phi) is 4.52. The maximum atomic E-state index is 12.9. The van der Waals surface area contributed by atoms with Crippen LogP contribution in [0.4, 0.5) is 0 Å². The molecule has 0 spiro atoms. The molecule has 120 valence electrons. The maximum absolute atomic E-state index is 12.9. The van der Waals surface area contributed by atoms with Crippen LogP contribution in [0.15, 0.2) is 6.07 Å². The van der Waals surface area contributed by atoms with Crippen LogP contribution in [0.3, 0.4) is 0 Å². The molecule has 1 aromatic heterocycles. The van der Waals surface area contributed by atoms with Crippen molar-refractivity contribution >= 4 is 23.2 Å². The standard InChI is InChI=1S/C17H24N2O2S/c1-11-7-8-13(16(18)20)10-19(11)17(21)15-9-12-5-3-2-4-6-14(12)22-15/h9,11,13H,2-8,10H2,1H3,(H2,18,20). The van der Waals surface area contributed by atoms with E-state index in [0.717, 1.165) is 30.6 Å². The van der Waals surface area contributed by atoms with Crippen molar-refractivity contribution in [2.24, 2.45) is 11.7 Å². The Morgan fingerprint density at radius 2 is 2.00 bits per heavy atom. The fourth-order valence-electron chi connectivity index (χ4n) is 3.54. The van der Waals surface area contributed by atoms with E-state index in [-0.39, 0.29) is 23.8 Å².